The van der Waals surface area contributed by atoms with Gasteiger partial charge in [-0.3, -0.25) is 9.11 Å². The first-order valence-electron chi connectivity index (χ1n) is 7.73. The molecule has 0 aromatic heterocycles. The molecule has 1 aliphatic carbocycles. The van der Waals surface area contributed by atoms with Gasteiger partial charge in [-0.05, 0) is 58.6 Å². The summed E-state index contributed by atoms with van der Waals surface area (Å²) in [4.78, 5) is 14.4. The van der Waals surface area contributed by atoms with Gasteiger partial charge < -0.3 is 4.74 Å². The summed E-state index contributed by atoms with van der Waals surface area (Å²) in [5.41, 5.74) is 0.609. The summed E-state index contributed by atoms with van der Waals surface area (Å²) < 4.78 is 18.6. The zero-order valence-electron chi connectivity index (χ0n) is 13.6. The molecule has 1 saturated carbocycles. The third-order valence-electron chi connectivity index (χ3n) is 4.34. The number of ether oxygens (including phenoxy) is 1. The normalized spacial score (nSPS) is 28.2. The second kappa shape index (κ2) is 5.08. The largest absolute Gasteiger partial charge is 0.444 e. The molecule has 0 bridgehead atoms. The molecule has 2 fully saturated rings. The monoisotopic (exact) mass is 321 g/mol. The van der Waals surface area contributed by atoms with Gasteiger partial charge in [0.15, 0.2) is 0 Å². The van der Waals surface area contributed by atoms with E-state index in [1.807, 2.05) is 52.0 Å². The van der Waals surface area contributed by atoms with E-state index in [0.29, 0.717) is 12.5 Å². The molecule has 22 heavy (non-hydrogen) atoms. The van der Waals surface area contributed by atoms with Crippen LogP contribution in [0.3, 0.4) is 0 Å². The van der Waals surface area contributed by atoms with Crippen LogP contribution in [-0.4, -0.2) is 32.2 Å². The van der Waals surface area contributed by atoms with Gasteiger partial charge in [0.05, 0.1) is 10.8 Å². The second-order valence-corrected chi connectivity index (χ2v) is 8.96. The first-order valence-corrected chi connectivity index (χ1v) is 8.88. The van der Waals surface area contributed by atoms with Crippen molar-refractivity contribution in [3.63, 3.8) is 0 Å². The van der Waals surface area contributed by atoms with Crippen LogP contribution in [0.1, 0.15) is 39.2 Å². The number of fused-ring (bicyclic) bond motifs is 1. The minimum atomic E-state index is -1.21. The minimum Gasteiger partial charge on any atom is -0.444 e. The Hall–Kier alpha value is -1.36. The topological polar surface area (TPSA) is 46.6 Å². The Kier molecular flexibility index (Phi) is 3.59. The fraction of sp³-hybridized carbons (Fsp3) is 0.588. The standard InChI is InChI=1S/C17H23NO3S/c1-12-5-7-14(8-6-12)22(20)17-11-13(17)9-10-18(17)15(19)21-16(2,3)4/h5-8,13H,9-11H2,1-4H3/t13-,17-,22-/m0/s1. The fourth-order valence-electron chi connectivity index (χ4n) is 3.18. The van der Waals surface area contributed by atoms with Crippen LogP contribution in [0.2, 0.25) is 0 Å². The summed E-state index contributed by atoms with van der Waals surface area (Å²) >= 11 is 0. The van der Waals surface area contributed by atoms with E-state index in [0.717, 1.165) is 23.3 Å². The van der Waals surface area contributed by atoms with Crippen molar-refractivity contribution in [2.24, 2.45) is 5.92 Å². The van der Waals surface area contributed by atoms with Crippen molar-refractivity contribution in [1.82, 2.24) is 4.90 Å². The van der Waals surface area contributed by atoms with Crippen LogP contribution in [0.15, 0.2) is 29.2 Å². The van der Waals surface area contributed by atoms with Gasteiger partial charge in [-0.15, -0.1) is 0 Å². The zero-order chi connectivity index (χ0) is 16.1. The lowest BCUT2D eigenvalue weighted by molar-refractivity contribution is 0.0240. The molecular formula is C17H23NO3S. The number of hydrogen-bond donors (Lipinski definition) is 0. The summed E-state index contributed by atoms with van der Waals surface area (Å²) in [7, 11) is -1.21. The van der Waals surface area contributed by atoms with E-state index >= 15 is 0 Å². The molecular weight excluding hydrogens is 298 g/mol. The molecule has 3 atom stereocenters. The number of aryl methyl sites for hydroxylation is 1. The Morgan fingerprint density at radius 3 is 2.50 bits per heavy atom. The van der Waals surface area contributed by atoms with Crippen LogP contribution in [0.25, 0.3) is 0 Å². The summed E-state index contributed by atoms with van der Waals surface area (Å²) in [5, 5.41) is 0. The molecule has 4 nitrogen and oxygen atoms in total. The first-order chi connectivity index (χ1) is 10.2. The summed E-state index contributed by atoms with van der Waals surface area (Å²) in [6.07, 6.45) is 1.39. The third-order valence-corrected chi connectivity index (χ3v) is 6.41. The van der Waals surface area contributed by atoms with Crippen LogP contribution in [0, 0.1) is 12.8 Å². The molecule has 0 spiro atoms. The molecule has 1 amide bonds. The number of amides is 1. The number of hydrogen-bond acceptors (Lipinski definition) is 3. The number of benzene rings is 1. The van der Waals surface area contributed by atoms with E-state index in [-0.39, 0.29) is 6.09 Å². The number of nitrogens with zero attached hydrogens (tertiary/aromatic N) is 1. The van der Waals surface area contributed by atoms with Crippen molar-refractivity contribution in [3.8, 4) is 0 Å². The number of rotatable bonds is 2. The summed E-state index contributed by atoms with van der Waals surface area (Å²) in [6, 6.07) is 7.74. The number of piperidine rings is 1. The first kappa shape index (κ1) is 15.5. The van der Waals surface area contributed by atoms with E-state index in [1.54, 1.807) is 4.90 Å². The van der Waals surface area contributed by atoms with Gasteiger partial charge in [-0.1, -0.05) is 17.7 Å². The number of carbonyl (C=O) groups excluding carboxylic acids is 1. The maximum atomic E-state index is 13.1. The Labute approximate surface area is 134 Å². The molecule has 1 aliphatic heterocycles. The van der Waals surface area contributed by atoms with E-state index in [9.17, 15) is 9.00 Å². The molecule has 1 aromatic rings. The van der Waals surface area contributed by atoms with Crippen molar-refractivity contribution in [1.29, 1.82) is 0 Å². The highest BCUT2D eigenvalue weighted by Crippen LogP contribution is 2.59. The van der Waals surface area contributed by atoms with Crippen molar-refractivity contribution >= 4 is 16.9 Å². The lowest BCUT2D eigenvalue weighted by Gasteiger charge is -2.30. The predicted molar refractivity (Wildman–Crippen MR) is 86.0 cm³/mol. The highest BCUT2D eigenvalue weighted by molar-refractivity contribution is 7.86. The molecule has 3 rings (SSSR count). The molecule has 1 heterocycles. The summed E-state index contributed by atoms with van der Waals surface area (Å²) in [5.74, 6) is 0.335. The predicted octanol–water partition coefficient (Wildman–Crippen LogP) is 3.46. The van der Waals surface area contributed by atoms with E-state index < -0.39 is 21.3 Å². The second-order valence-electron chi connectivity index (χ2n) is 7.25. The SMILES string of the molecule is Cc1ccc([S@](=O)[C@@]23C[C@@H]2CCN3C(=O)OC(C)(C)C)cc1. The molecule has 5 heteroatoms. The van der Waals surface area contributed by atoms with E-state index in [2.05, 4.69) is 0 Å². The molecule has 0 unspecified atom stereocenters. The van der Waals surface area contributed by atoms with Gasteiger partial charge in [0.25, 0.3) is 0 Å². The van der Waals surface area contributed by atoms with E-state index in [1.165, 1.54) is 0 Å². The lowest BCUT2D eigenvalue weighted by atomic mass is 10.2. The van der Waals surface area contributed by atoms with Gasteiger partial charge >= 0.3 is 6.09 Å². The zero-order valence-corrected chi connectivity index (χ0v) is 14.4. The van der Waals surface area contributed by atoms with Gasteiger partial charge in [-0.25, -0.2) is 4.79 Å². The van der Waals surface area contributed by atoms with Crippen LogP contribution < -0.4 is 0 Å². The van der Waals surface area contributed by atoms with Gasteiger partial charge in [0, 0.05) is 11.4 Å². The molecule has 1 saturated heterocycles. The summed E-state index contributed by atoms with van der Waals surface area (Å²) in [6.45, 7) is 8.21. The quantitative estimate of drug-likeness (QED) is 0.838. The third kappa shape index (κ3) is 2.56. The Morgan fingerprint density at radius 2 is 1.95 bits per heavy atom. The average molecular weight is 321 g/mol. The molecule has 0 radical (unpaired) electrons. The maximum absolute atomic E-state index is 13.1. The molecule has 1 aromatic carbocycles. The van der Waals surface area contributed by atoms with Crippen molar-refractivity contribution in [3.05, 3.63) is 29.8 Å². The fourth-order valence-corrected chi connectivity index (χ4v) is 5.11. The van der Waals surface area contributed by atoms with Crippen LogP contribution in [0.4, 0.5) is 4.79 Å². The van der Waals surface area contributed by atoms with Crippen molar-refractivity contribution in [2.45, 2.75) is 55.9 Å². The van der Waals surface area contributed by atoms with Gasteiger partial charge in [-0.2, -0.15) is 0 Å². The van der Waals surface area contributed by atoms with Crippen LogP contribution in [-0.2, 0) is 15.5 Å². The average Bonchev–Trinajstić information content (AvgIpc) is 3.03. The highest BCUT2D eigenvalue weighted by atomic mass is 32.2. The number of likely N-dealkylation sites (tertiary alicyclic amines) is 1. The molecule has 2 aliphatic rings. The molecule has 0 N–H and O–H groups in total. The smallest absolute Gasteiger partial charge is 0.411 e. The maximum Gasteiger partial charge on any atom is 0.411 e. The Bertz CT molecular complexity index is 620. The van der Waals surface area contributed by atoms with Crippen LogP contribution in [0.5, 0.6) is 0 Å². The van der Waals surface area contributed by atoms with E-state index in [4.69, 9.17) is 4.74 Å². The van der Waals surface area contributed by atoms with Gasteiger partial charge in [0.2, 0.25) is 0 Å². The Morgan fingerprint density at radius 1 is 1.32 bits per heavy atom. The van der Waals surface area contributed by atoms with Gasteiger partial charge in [0.1, 0.15) is 10.5 Å². The minimum absolute atomic E-state index is 0.335. The highest BCUT2D eigenvalue weighted by Gasteiger charge is 2.68. The van der Waals surface area contributed by atoms with Crippen molar-refractivity contribution in [2.75, 3.05) is 6.54 Å². The van der Waals surface area contributed by atoms with Crippen molar-refractivity contribution < 1.29 is 13.7 Å². The van der Waals surface area contributed by atoms with Crippen LogP contribution >= 0.6 is 0 Å². The number of carbonyl (C=O) groups is 1. The molecule has 120 valence electrons. The Balaban J connectivity index is 1.84. The lowest BCUT2D eigenvalue weighted by Crippen LogP contribution is -2.45.